The number of hydrogen-bond acceptors (Lipinski definition) is 18. The highest BCUT2D eigenvalue weighted by molar-refractivity contribution is 5.76. The maximum absolute atomic E-state index is 13.4. The number of aliphatic hydroxyl groups excluding tert-OH is 11. The van der Waals surface area contributed by atoms with Crippen LogP contribution >= 0.6 is 0 Å². The van der Waals surface area contributed by atoms with E-state index < -0.39 is 124 Å². The van der Waals surface area contributed by atoms with Crippen LogP contribution in [0.1, 0.15) is 194 Å². The summed E-state index contributed by atoms with van der Waals surface area (Å²) in [5, 5.41) is 120. The number of amides is 1. The molecule has 1 amide bonds. The summed E-state index contributed by atoms with van der Waals surface area (Å²) in [7, 11) is 0. The molecule has 0 saturated carbocycles. The highest BCUT2D eigenvalue weighted by Crippen LogP contribution is 2.33. The highest BCUT2D eigenvalue weighted by atomic mass is 16.8. The van der Waals surface area contributed by atoms with Gasteiger partial charge in [0.05, 0.1) is 38.6 Å². The maximum atomic E-state index is 13.4. The molecule has 19 nitrogen and oxygen atoms in total. The highest BCUT2D eigenvalue weighted by Gasteiger charge is 2.53. The molecule has 3 aliphatic heterocycles. The molecule has 3 saturated heterocycles. The number of unbranched alkanes of at least 4 members (excludes halogenated alkanes) is 15. The van der Waals surface area contributed by atoms with Gasteiger partial charge < -0.3 is 89.9 Å². The molecule has 0 aliphatic carbocycles. The van der Waals surface area contributed by atoms with E-state index in [0.717, 1.165) is 109 Å². The molecule has 0 aromatic carbocycles. The quantitative estimate of drug-likeness (QED) is 0.0199. The SMILES string of the molecule is CC/C=C\C/C=C\C/C=C\C/C=C\C/C=C\C/C=C\C/C=C\C/C=C\C/C=C\CCCCCCCC(=O)NC(COC1OC(CO)C(OC2OC(CO)C(OC3OC(CO)C(O)C(O)C3O)C(O)C2O)C(O)C1O)C(O)/C=C/CC/C=C/CCCCCCCCCCC. The molecule has 530 valence electrons. The summed E-state index contributed by atoms with van der Waals surface area (Å²) in [6.07, 6.45) is 48.5. The Hall–Kier alpha value is -4.07. The second-order valence-corrected chi connectivity index (χ2v) is 24.2. The average Bonchev–Trinajstić information content (AvgIpc) is 0.902. The Balaban J connectivity index is 1.42. The first kappa shape index (κ1) is 83.2. The Morgan fingerprint density at radius 2 is 0.753 bits per heavy atom. The largest absolute Gasteiger partial charge is 0.394 e. The summed E-state index contributed by atoms with van der Waals surface area (Å²) in [4.78, 5) is 13.4. The van der Waals surface area contributed by atoms with Crippen molar-refractivity contribution in [3.63, 3.8) is 0 Å². The van der Waals surface area contributed by atoms with Crippen molar-refractivity contribution in [3.8, 4) is 0 Å². The molecule has 17 atom stereocenters. The van der Waals surface area contributed by atoms with Gasteiger partial charge in [-0.1, -0.05) is 218 Å². The minimum Gasteiger partial charge on any atom is -0.394 e. The number of aliphatic hydroxyl groups is 11. The van der Waals surface area contributed by atoms with Gasteiger partial charge in [0.1, 0.15) is 73.2 Å². The van der Waals surface area contributed by atoms with Crippen molar-refractivity contribution in [1.29, 1.82) is 0 Å². The van der Waals surface area contributed by atoms with Crippen LogP contribution in [0, 0.1) is 0 Å². The predicted octanol–water partition coefficient (Wildman–Crippen LogP) is 9.38. The van der Waals surface area contributed by atoms with E-state index in [9.17, 15) is 61.0 Å². The molecule has 0 aromatic rings. The van der Waals surface area contributed by atoms with Gasteiger partial charge in [-0.2, -0.15) is 0 Å². The molecule has 0 spiro atoms. The van der Waals surface area contributed by atoms with Gasteiger partial charge in [-0.25, -0.2) is 0 Å². The number of carbonyl (C=O) groups excluding carboxylic acids is 1. The molecule has 93 heavy (non-hydrogen) atoms. The summed E-state index contributed by atoms with van der Waals surface area (Å²) < 4.78 is 34.3. The number of ether oxygens (including phenoxy) is 6. The topological polar surface area (TPSA) is 307 Å². The molecule has 0 aromatic heterocycles. The molecule has 0 bridgehead atoms. The second kappa shape index (κ2) is 54.0. The molecular formula is C74H121NO18. The Bertz CT molecular complexity index is 2210. The van der Waals surface area contributed by atoms with Crippen LogP contribution in [0.4, 0.5) is 0 Å². The Morgan fingerprint density at radius 1 is 0.398 bits per heavy atom. The molecular weight excluding hydrogens is 1190 g/mol. The standard InChI is InChI=1S/C74H121NO18/c1-3-5-7-9-11-13-15-17-19-20-21-22-23-24-25-26-27-28-29-30-31-32-33-34-35-36-38-40-42-44-46-48-50-52-62(80)75-57(58(79)51-49-47-45-43-41-39-37-18-16-14-12-10-8-6-4-2)56-88-72-68(86)65(83)70(60(54-77)90-72)93-74-69(87)66(84)71(61(55-78)91-74)92-73-67(85)64(82)63(81)59(53-76)89-73/h5,7,11,13,17,19,21-22,24-25,27-28,30-31,33-34,36,38,41,43,49,51,57-61,63-74,76-79,81-87H,3-4,6,8-10,12,14-16,18,20,23,26,29,32,35,37,39-40,42,44-48,50,52-56H2,1-2H3,(H,75,80)/b7-5-,13-11-,19-17-,22-21-,25-24-,28-27-,31-30-,34-33-,38-36-,43-41+,51-49+. The van der Waals surface area contributed by atoms with E-state index >= 15 is 0 Å². The van der Waals surface area contributed by atoms with E-state index in [0.29, 0.717) is 12.8 Å². The van der Waals surface area contributed by atoms with E-state index in [1.165, 1.54) is 51.4 Å². The smallest absolute Gasteiger partial charge is 0.220 e. The normalized spacial score (nSPS) is 28.4. The van der Waals surface area contributed by atoms with E-state index in [-0.39, 0.29) is 18.9 Å². The van der Waals surface area contributed by atoms with E-state index in [1.54, 1.807) is 6.08 Å². The fourth-order valence-corrected chi connectivity index (χ4v) is 10.8. The Labute approximate surface area is 556 Å². The Morgan fingerprint density at radius 3 is 1.20 bits per heavy atom. The van der Waals surface area contributed by atoms with Crippen LogP contribution < -0.4 is 5.32 Å². The fraction of sp³-hybridized carbons (Fsp3) is 0.689. The third kappa shape index (κ3) is 35.7. The first-order valence-corrected chi connectivity index (χ1v) is 34.9. The lowest BCUT2D eigenvalue weighted by Gasteiger charge is -2.48. The second-order valence-electron chi connectivity index (χ2n) is 24.2. The maximum Gasteiger partial charge on any atom is 0.220 e. The van der Waals surface area contributed by atoms with Gasteiger partial charge in [-0.3, -0.25) is 4.79 Å². The van der Waals surface area contributed by atoms with Gasteiger partial charge in [0.15, 0.2) is 18.9 Å². The van der Waals surface area contributed by atoms with Crippen molar-refractivity contribution < 1.29 is 89.4 Å². The zero-order chi connectivity index (χ0) is 67.5. The summed E-state index contributed by atoms with van der Waals surface area (Å²) in [5.41, 5.74) is 0. The molecule has 3 aliphatic rings. The minimum atomic E-state index is -1.99. The molecule has 3 heterocycles. The third-order valence-electron chi connectivity index (χ3n) is 16.4. The average molecular weight is 1310 g/mol. The number of rotatable bonds is 51. The van der Waals surface area contributed by atoms with Crippen molar-refractivity contribution in [2.24, 2.45) is 0 Å². The summed E-state index contributed by atoms with van der Waals surface area (Å²) in [6.45, 7) is 1.55. The molecule has 19 heteroatoms. The van der Waals surface area contributed by atoms with Gasteiger partial charge in [-0.15, -0.1) is 0 Å². The van der Waals surface area contributed by atoms with Crippen LogP contribution in [-0.2, 0) is 33.2 Å². The van der Waals surface area contributed by atoms with Gasteiger partial charge in [0.25, 0.3) is 0 Å². The predicted molar refractivity (Wildman–Crippen MR) is 364 cm³/mol. The first-order chi connectivity index (χ1) is 45.3. The zero-order valence-corrected chi connectivity index (χ0v) is 55.9. The van der Waals surface area contributed by atoms with Crippen LogP contribution in [0.3, 0.4) is 0 Å². The van der Waals surface area contributed by atoms with Crippen LogP contribution in [0.15, 0.2) is 134 Å². The lowest BCUT2D eigenvalue weighted by atomic mass is 9.96. The molecule has 3 rings (SSSR count). The van der Waals surface area contributed by atoms with Crippen molar-refractivity contribution in [1.82, 2.24) is 5.32 Å². The summed E-state index contributed by atoms with van der Waals surface area (Å²) in [5.74, 6) is -0.311. The van der Waals surface area contributed by atoms with Gasteiger partial charge in [0, 0.05) is 6.42 Å². The van der Waals surface area contributed by atoms with Crippen molar-refractivity contribution in [2.75, 3.05) is 26.4 Å². The summed E-state index contributed by atoms with van der Waals surface area (Å²) in [6, 6.07) is -1.01. The lowest BCUT2D eigenvalue weighted by molar-refractivity contribution is -0.379. The number of hydrogen-bond donors (Lipinski definition) is 12. The first-order valence-electron chi connectivity index (χ1n) is 34.9. The van der Waals surface area contributed by atoms with Gasteiger partial charge in [-0.05, 0) is 103 Å². The van der Waals surface area contributed by atoms with Crippen LogP contribution in [0.2, 0.25) is 0 Å². The fourth-order valence-electron chi connectivity index (χ4n) is 10.8. The van der Waals surface area contributed by atoms with Crippen LogP contribution in [0.25, 0.3) is 0 Å². The minimum absolute atomic E-state index is 0.203. The van der Waals surface area contributed by atoms with Crippen LogP contribution in [-0.4, -0.2) is 193 Å². The summed E-state index contributed by atoms with van der Waals surface area (Å²) >= 11 is 0. The molecule has 3 fully saturated rings. The van der Waals surface area contributed by atoms with Crippen molar-refractivity contribution in [2.45, 2.75) is 298 Å². The molecule has 17 unspecified atom stereocenters. The molecule has 12 N–H and O–H groups in total. The van der Waals surface area contributed by atoms with Crippen LogP contribution in [0.5, 0.6) is 0 Å². The lowest BCUT2D eigenvalue weighted by Crippen LogP contribution is -2.66. The van der Waals surface area contributed by atoms with Gasteiger partial charge >= 0.3 is 0 Å². The number of nitrogens with one attached hydrogen (secondary N) is 1. The zero-order valence-electron chi connectivity index (χ0n) is 55.9. The van der Waals surface area contributed by atoms with Crippen molar-refractivity contribution in [3.05, 3.63) is 134 Å². The van der Waals surface area contributed by atoms with E-state index in [1.807, 2.05) is 6.08 Å². The van der Waals surface area contributed by atoms with Gasteiger partial charge in [0.2, 0.25) is 5.91 Å². The third-order valence-corrected chi connectivity index (χ3v) is 16.4. The molecule has 0 radical (unpaired) electrons. The van der Waals surface area contributed by atoms with E-state index in [2.05, 4.69) is 141 Å². The Kier molecular flexibility index (Phi) is 48.3. The number of carbonyl (C=O) groups is 1. The van der Waals surface area contributed by atoms with E-state index in [4.69, 9.17) is 28.4 Å². The monoisotopic (exact) mass is 1310 g/mol. The van der Waals surface area contributed by atoms with Crippen molar-refractivity contribution >= 4 is 5.91 Å². The number of allylic oxidation sites excluding steroid dienone is 21.